The van der Waals surface area contributed by atoms with Gasteiger partial charge in [-0.15, -0.1) is 34.4 Å². The first-order chi connectivity index (χ1) is 25.2. The fourth-order valence-corrected chi connectivity index (χ4v) is 12.7. The first-order valence-electron chi connectivity index (χ1n) is 18.2. The summed E-state index contributed by atoms with van der Waals surface area (Å²) in [5.41, 5.74) is 9.75. The van der Waals surface area contributed by atoms with Crippen LogP contribution >= 0.6 is 34.4 Å². The zero-order chi connectivity index (χ0) is 33.5. The summed E-state index contributed by atoms with van der Waals surface area (Å²) in [6, 6.07) is 29.7. The number of thioether (sulfide) groups is 1. The van der Waals surface area contributed by atoms with Crippen molar-refractivity contribution < 1.29 is 0 Å². The molecule has 3 N–H and O–H groups in total. The second-order valence-electron chi connectivity index (χ2n) is 14.3. The molecule has 0 bridgehead atoms. The Balaban J connectivity index is 0.923. The quantitative estimate of drug-likeness (QED) is 0.170. The van der Waals surface area contributed by atoms with E-state index >= 15 is 0 Å². The Morgan fingerprint density at radius 3 is 2.51 bits per heavy atom. The van der Waals surface area contributed by atoms with Crippen LogP contribution in [0.15, 0.2) is 137 Å². The lowest BCUT2D eigenvalue weighted by Crippen LogP contribution is -2.64. The molecule has 6 aromatic rings. The van der Waals surface area contributed by atoms with Crippen LogP contribution in [-0.4, -0.2) is 17.6 Å². The Morgan fingerprint density at radius 2 is 1.55 bits per heavy atom. The maximum Gasteiger partial charge on any atom is 0.0870 e. The van der Waals surface area contributed by atoms with Gasteiger partial charge in [0.05, 0.1) is 18.5 Å². The maximum absolute atomic E-state index is 4.05. The minimum Gasteiger partial charge on any atom is -0.279 e. The monoisotopic (exact) mass is 715 g/mol. The summed E-state index contributed by atoms with van der Waals surface area (Å²) >= 11 is 5.88. The highest BCUT2D eigenvalue weighted by Crippen LogP contribution is 2.51. The van der Waals surface area contributed by atoms with E-state index in [2.05, 4.69) is 143 Å². The number of fused-ring (bicyclic) bond motifs is 9. The Bertz CT molecular complexity index is 2540. The fourth-order valence-electron chi connectivity index (χ4n) is 8.85. The van der Waals surface area contributed by atoms with Gasteiger partial charge in [-0.05, 0) is 88.9 Å². The number of rotatable bonds is 4. The molecular weight excluding hydrogens is 679 g/mol. The normalized spacial score (nSPS) is 25.2. The topological polar surface area (TPSA) is 36.1 Å². The molecule has 3 nitrogen and oxygen atoms in total. The number of aryl methyl sites for hydroxylation is 1. The summed E-state index contributed by atoms with van der Waals surface area (Å²) < 4.78 is 4.13. The zero-order valence-corrected chi connectivity index (χ0v) is 30.5. The molecule has 0 saturated carbocycles. The molecule has 1 fully saturated rings. The average molecular weight is 716 g/mol. The average Bonchev–Trinajstić information content (AvgIpc) is 3.88. The van der Waals surface area contributed by atoms with Crippen molar-refractivity contribution in [1.29, 1.82) is 0 Å². The fraction of sp³-hybridized carbons (Fsp3) is 0.200. The van der Waals surface area contributed by atoms with Crippen molar-refractivity contribution in [2.75, 3.05) is 0 Å². The summed E-state index contributed by atoms with van der Waals surface area (Å²) in [5, 5.41) is 16.6. The van der Waals surface area contributed by atoms with Gasteiger partial charge in [0.25, 0.3) is 0 Å². The van der Waals surface area contributed by atoms with Gasteiger partial charge in [0, 0.05) is 51.2 Å². The van der Waals surface area contributed by atoms with Crippen molar-refractivity contribution in [3.05, 3.63) is 154 Å². The number of nitrogens with one attached hydrogen (secondary N) is 3. The van der Waals surface area contributed by atoms with E-state index in [9.17, 15) is 0 Å². The lowest BCUT2D eigenvalue weighted by atomic mass is 9.88. The molecule has 5 unspecified atom stereocenters. The molecule has 0 amide bonds. The highest BCUT2D eigenvalue weighted by Gasteiger charge is 2.37. The molecule has 0 spiro atoms. The third-order valence-corrected chi connectivity index (χ3v) is 15.0. The van der Waals surface area contributed by atoms with Crippen molar-refractivity contribution >= 4 is 70.8 Å². The molecule has 2 aliphatic heterocycles. The van der Waals surface area contributed by atoms with E-state index in [1.807, 2.05) is 34.4 Å². The third-order valence-electron chi connectivity index (χ3n) is 11.3. The molecule has 4 heterocycles. The van der Waals surface area contributed by atoms with E-state index in [1.54, 1.807) is 0 Å². The summed E-state index contributed by atoms with van der Waals surface area (Å²) in [4.78, 5) is 2.84. The number of benzene rings is 4. The largest absolute Gasteiger partial charge is 0.279 e. The standard InChI is InChI=1S/C45H37N3S3/c1-2-10-26(11-3-1)43-46-44(48-45(47-43)35-16-9-19-38-41(35)34-13-5-7-18-37(34)49-38)28-21-23-32-31-22-20-27(24-39(31)50-40(32)25-28)29-14-8-15-33-30-12-4-6-17-36(30)51-42(29)33/h1-2,4,6-10,12,14-25,32,40,43-48H,3,5,11,13H2. The van der Waals surface area contributed by atoms with E-state index < -0.39 is 0 Å². The van der Waals surface area contributed by atoms with Crippen molar-refractivity contribution in [1.82, 2.24) is 16.0 Å². The summed E-state index contributed by atoms with van der Waals surface area (Å²) in [6.07, 6.45) is 23.4. The minimum atomic E-state index is 0.0281. The first-order valence-corrected chi connectivity index (χ1v) is 20.7. The van der Waals surface area contributed by atoms with Gasteiger partial charge in [-0.3, -0.25) is 16.0 Å². The van der Waals surface area contributed by atoms with Crippen molar-refractivity contribution in [3.8, 4) is 11.1 Å². The predicted octanol–water partition coefficient (Wildman–Crippen LogP) is 11.4. The van der Waals surface area contributed by atoms with Crippen LogP contribution in [0.25, 0.3) is 47.5 Å². The lowest BCUT2D eigenvalue weighted by molar-refractivity contribution is 0.241. The van der Waals surface area contributed by atoms with Gasteiger partial charge in [-0.2, -0.15) is 0 Å². The van der Waals surface area contributed by atoms with Crippen molar-refractivity contribution in [3.63, 3.8) is 0 Å². The van der Waals surface area contributed by atoms with Gasteiger partial charge >= 0.3 is 0 Å². The van der Waals surface area contributed by atoms with Gasteiger partial charge in [0.1, 0.15) is 0 Å². The van der Waals surface area contributed by atoms with Crippen molar-refractivity contribution in [2.45, 2.75) is 60.2 Å². The maximum atomic E-state index is 4.05. The minimum absolute atomic E-state index is 0.0281. The number of allylic oxidation sites excluding steroid dienone is 5. The van der Waals surface area contributed by atoms with Gasteiger partial charge in [0.2, 0.25) is 0 Å². The number of hydrogen-bond donors (Lipinski definition) is 3. The van der Waals surface area contributed by atoms with Gasteiger partial charge < -0.3 is 0 Å². The summed E-state index contributed by atoms with van der Waals surface area (Å²) in [6.45, 7) is 0. The molecule has 5 aliphatic rings. The van der Waals surface area contributed by atoms with E-state index in [0.717, 1.165) is 25.7 Å². The summed E-state index contributed by atoms with van der Waals surface area (Å²) in [5.74, 6) is 0.390. The smallest absolute Gasteiger partial charge is 0.0870 e. The van der Waals surface area contributed by atoms with Crippen LogP contribution in [0, 0.1) is 0 Å². The summed E-state index contributed by atoms with van der Waals surface area (Å²) in [7, 11) is 0. The molecule has 6 heteroatoms. The van der Waals surface area contributed by atoms with Crippen LogP contribution in [0.1, 0.15) is 52.9 Å². The van der Waals surface area contributed by atoms with E-state index in [0.29, 0.717) is 11.2 Å². The number of hydrogen-bond acceptors (Lipinski definition) is 6. The van der Waals surface area contributed by atoms with Crippen LogP contribution in [0.2, 0.25) is 0 Å². The van der Waals surface area contributed by atoms with Gasteiger partial charge in [0.15, 0.2) is 0 Å². The molecule has 11 rings (SSSR count). The van der Waals surface area contributed by atoms with Crippen LogP contribution in [0.5, 0.6) is 0 Å². The predicted molar refractivity (Wildman–Crippen MR) is 220 cm³/mol. The van der Waals surface area contributed by atoms with E-state index in [-0.39, 0.29) is 18.5 Å². The zero-order valence-electron chi connectivity index (χ0n) is 28.1. The van der Waals surface area contributed by atoms with Gasteiger partial charge in [-0.25, -0.2) is 0 Å². The highest BCUT2D eigenvalue weighted by atomic mass is 32.2. The number of thiophene rings is 2. The molecule has 5 atom stereocenters. The second-order valence-corrected chi connectivity index (χ2v) is 17.6. The Hall–Kier alpha value is -4.01. The molecule has 2 aromatic heterocycles. The Kier molecular flexibility index (Phi) is 7.38. The second kappa shape index (κ2) is 12.3. The lowest BCUT2D eigenvalue weighted by Gasteiger charge is -2.42. The van der Waals surface area contributed by atoms with Crippen LogP contribution in [0.3, 0.4) is 0 Å². The molecule has 3 aliphatic carbocycles. The Labute approximate surface area is 310 Å². The van der Waals surface area contributed by atoms with E-state index in [1.165, 1.54) is 79.0 Å². The third kappa shape index (κ3) is 5.11. The van der Waals surface area contributed by atoms with Gasteiger partial charge in [-0.1, -0.05) is 103 Å². The highest BCUT2D eigenvalue weighted by molar-refractivity contribution is 8.00. The molecule has 250 valence electrons. The Morgan fingerprint density at radius 1 is 0.686 bits per heavy atom. The first kappa shape index (κ1) is 30.6. The molecule has 51 heavy (non-hydrogen) atoms. The SMILES string of the molecule is C1=CCCC(C2NC(C3=CC4Sc5cc(-c6cccc7c6sc6ccccc67)ccc5C4C=C3)NC(c3cccc4sc5c(c34)CCC=C5)N2)=C1. The van der Waals surface area contributed by atoms with Crippen LogP contribution in [-0.2, 0) is 6.42 Å². The van der Waals surface area contributed by atoms with Crippen LogP contribution in [0.4, 0.5) is 0 Å². The molecule has 1 saturated heterocycles. The molecular formula is C45H37N3S3. The molecule has 0 radical (unpaired) electrons. The van der Waals surface area contributed by atoms with Crippen molar-refractivity contribution in [2.24, 2.45) is 0 Å². The molecule has 4 aromatic carbocycles. The van der Waals surface area contributed by atoms with E-state index in [4.69, 9.17) is 0 Å². The van der Waals surface area contributed by atoms with Crippen LogP contribution < -0.4 is 16.0 Å².